The molecule has 2 amide bonds. The highest BCUT2D eigenvalue weighted by Crippen LogP contribution is 2.40. The van der Waals surface area contributed by atoms with Crippen molar-refractivity contribution in [3.8, 4) is 0 Å². The maximum Gasteiger partial charge on any atom is 0.244 e. The van der Waals surface area contributed by atoms with Gasteiger partial charge in [-0.3, -0.25) is 9.59 Å². The van der Waals surface area contributed by atoms with E-state index in [1.165, 1.54) is 35.2 Å². The Hall–Kier alpha value is -2.76. The van der Waals surface area contributed by atoms with Gasteiger partial charge in [-0.05, 0) is 48.7 Å². The summed E-state index contributed by atoms with van der Waals surface area (Å²) in [6, 6.07) is 9.17. The third-order valence-corrected chi connectivity index (χ3v) is 4.60. The molecule has 1 heterocycles. The van der Waals surface area contributed by atoms with Gasteiger partial charge in [-0.25, -0.2) is 8.78 Å². The quantitative estimate of drug-likeness (QED) is 0.911. The summed E-state index contributed by atoms with van der Waals surface area (Å²) in [6.07, 6.45) is 1.59. The highest BCUT2D eigenvalue weighted by atomic mass is 19.1. The Morgan fingerprint density at radius 1 is 1.04 bits per heavy atom. The third-order valence-electron chi connectivity index (χ3n) is 4.60. The Morgan fingerprint density at radius 3 is 2.40 bits per heavy atom. The Kier molecular flexibility index (Phi) is 3.75. The van der Waals surface area contributed by atoms with Crippen LogP contribution in [0.1, 0.15) is 30.0 Å². The molecule has 1 saturated carbocycles. The number of benzene rings is 2. The number of nitrogens with zero attached hydrogens (tertiary/aromatic N) is 1. The van der Waals surface area contributed by atoms with Gasteiger partial charge in [-0.1, -0.05) is 12.1 Å². The van der Waals surface area contributed by atoms with Crippen molar-refractivity contribution < 1.29 is 18.4 Å². The number of carbonyl (C=O) groups excluding carboxylic acids is 2. The van der Waals surface area contributed by atoms with Gasteiger partial charge in [0.1, 0.15) is 18.2 Å². The highest BCUT2D eigenvalue weighted by Gasteiger charge is 2.40. The SMILES string of the molecule is O=C1CN(C(=O)C2CC2)[C@H](c2ccc(F)cc2)c2cc(F)ccc2N1. The number of carbonyl (C=O) groups is 2. The second kappa shape index (κ2) is 5.95. The summed E-state index contributed by atoms with van der Waals surface area (Å²) >= 11 is 0. The molecule has 4 rings (SSSR count). The molecule has 2 aliphatic rings. The standard InChI is InChI=1S/C19H16F2N2O2/c20-13-5-3-11(4-6-13)18-15-9-14(21)7-8-16(15)22-17(24)10-23(18)19(25)12-1-2-12/h3-9,12,18H,1-2,10H2,(H,22,24)/t18-/m1/s1. The average Bonchev–Trinajstić information content (AvgIpc) is 3.42. The van der Waals surface area contributed by atoms with Crippen LogP contribution in [0.25, 0.3) is 0 Å². The van der Waals surface area contributed by atoms with Crippen LogP contribution < -0.4 is 5.32 Å². The molecule has 0 spiro atoms. The molecular formula is C19H16F2N2O2. The van der Waals surface area contributed by atoms with Gasteiger partial charge in [0.2, 0.25) is 11.8 Å². The highest BCUT2D eigenvalue weighted by molar-refractivity contribution is 5.97. The lowest BCUT2D eigenvalue weighted by atomic mass is 9.95. The molecule has 0 radical (unpaired) electrons. The number of rotatable bonds is 2. The summed E-state index contributed by atoms with van der Waals surface area (Å²) in [7, 11) is 0. The fraction of sp³-hybridized carbons (Fsp3) is 0.263. The first-order valence-electron chi connectivity index (χ1n) is 8.18. The third kappa shape index (κ3) is 2.99. The van der Waals surface area contributed by atoms with Crippen LogP contribution in [-0.4, -0.2) is 23.3 Å². The molecule has 4 nitrogen and oxygen atoms in total. The number of hydrogen-bond acceptors (Lipinski definition) is 2. The fourth-order valence-corrected chi connectivity index (χ4v) is 3.25. The Bertz CT molecular complexity index is 847. The van der Waals surface area contributed by atoms with E-state index in [4.69, 9.17) is 0 Å². The predicted octanol–water partition coefficient (Wildman–Crippen LogP) is 3.24. The molecule has 0 bridgehead atoms. The molecule has 1 aliphatic carbocycles. The minimum absolute atomic E-state index is 0.0918. The van der Waals surface area contributed by atoms with E-state index in [0.29, 0.717) is 16.8 Å². The van der Waals surface area contributed by atoms with Crippen LogP contribution in [0, 0.1) is 17.6 Å². The summed E-state index contributed by atoms with van der Waals surface area (Å²) in [5, 5.41) is 2.73. The van der Waals surface area contributed by atoms with Crippen LogP contribution in [-0.2, 0) is 9.59 Å². The lowest BCUT2D eigenvalue weighted by Crippen LogP contribution is -2.39. The van der Waals surface area contributed by atoms with Crippen LogP contribution in [0.3, 0.4) is 0 Å². The largest absolute Gasteiger partial charge is 0.324 e. The Balaban J connectivity index is 1.88. The van der Waals surface area contributed by atoms with Gasteiger partial charge in [-0.2, -0.15) is 0 Å². The van der Waals surface area contributed by atoms with E-state index in [1.54, 1.807) is 12.1 Å². The summed E-state index contributed by atoms with van der Waals surface area (Å²) in [6.45, 7) is -0.117. The zero-order chi connectivity index (χ0) is 17.6. The van der Waals surface area contributed by atoms with Gasteiger partial charge in [0.25, 0.3) is 0 Å². The number of amides is 2. The minimum atomic E-state index is -0.640. The van der Waals surface area contributed by atoms with E-state index in [9.17, 15) is 18.4 Å². The second-order valence-electron chi connectivity index (χ2n) is 6.47. The maximum atomic E-state index is 13.9. The number of hydrogen-bond donors (Lipinski definition) is 1. The first kappa shape index (κ1) is 15.7. The smallest absolute Gasteiger partial charge is 0.244 e. The fourth-order valence-electron chi connectivity index (χ4n) is 3.25. The van der Waals surface area contributed by atoms with E-state index in [2.05, 4.69) is 5.32 Å². The predicted molar refractivity (Wildman–Crippen MR) is 87.7 cm³/mol. The van der Waals surface area contributed by atoms with Crippen molar-refractivity contribution in [1.29, 1.82) is 0 Å². The summed E-state index contributed by atoms with van der Waals surface area (Å²) in [4.78, 5) is 26.5. The molecule has 0 aromatic heterocycles. The zero-order valence-electron chi connectivity index (χ0n) is 13.3. The van der Waals surface area contributed by atoms with Gasteiger partial charge in [-0.15, -0.1) is 0 Å². The van der Waals surface area contributed by atoms with Gasteiger partial charge in [0.05, 0.1) is 6.04 Å². The molecule has 1 fully saturated rings. The summed E-state index contributed by atoms with van der Waals surface area (Å²) < 4.78 is 27.2. The van der Waals surface area contributed by atoms with E-state index >= 15 is 0 Å². The first-order chi connectivity index (χ1) is 12.0. The van der Waals surface area contributed by atoms with Crippen LogP contribution in [0.4, 0.5) is 14.5 Å². The van der Waals surface area contributed by atoms with Crippen molar-refractivity contribution in [3.63, 3.8) is 0 Å². The average molecular weight is 342 g/mol. The van der Waals surface area contributed by atoms with Gasteiger partial charge in [0.15, 0.2) is 0 Å². The summed E-state index contributed by atoms with van der Waals surface area (Å²) in [5.74, 6) is -1.40. The van der Waals surface area contributed by atoms with Crippen molar-refractivity contribution in [2.75, 3.05) is 11.9 Å². The van der Waals surface area contributed by atoms with Crippen molar-refractivity contribution in [2.24, 2.45) is 5.92 Å². The van der Waals surface area contributed by atoms with Crippen molar-refractivity contribution in [1.82, 2.24) is 4.90 Å². The Labute approximate surface area is 143 Å². The molecule has 25 heavy (non-hydrogen) atoms. The van der Waals surface area contributed by atoms with Crippen LogP contribution in [0.5, 0.6) is 0 Å². The monoisotopic (exact) mass is 342 g/mol. The second-order valence-corrected chi connectivity index (χ2v) is 6.47. The molecule has 2 aromatic rings. The zero-order valence-corrected chi connectivity index (χ0v) is 13.3. The number of anilines is 1. The van der Waals surface area contributed by atoms with Crippen LogP contribution in [0.15, 0.2) is 42.5 Å². The van der Waals surface area contributed by atoms with E-state index < -0.39 is 17.7 Å². The molecule has 6 heteroatoms. The molecule has 1 aliphatic heterocycles. The maximum absolute atomic E-state index is 13.9. The lowest BCUT2D eigenvalue weighted by molar-refractivity contribution is -0.137. The van der Waals surface area contributed by atoms with E-state index in [1.807, 2.05) is 0 Å². The number of nitrogens with one attached hydrogen (secondary N) is 1. The molecule has 0 saturated heterocycles. The molecular weight excluding hydrogens is 326 g/mol. The lowest BCUT2D eigenvalue weighted by Gasteiger charge is -2.30. The summed E-state index contributed by atoms with van der Waals surface area (Å²) in [5.41, 5.74) is 1.59. The first-order valence-corrected chi connectivity index (χ1v) is 8.18. The van der Waals surface area contributed by atoms with Crippen molar-refractivity contribution in [2.45, 2.75) is 18.9 Å². The van der Waals surface area contributed by atoms with E-state index in [0.717, 1.165) is 12.8 Å². The van der Waals surface area contributed by atoms with Crippen LogP contribution in [0.2, 0.25) is 0 Å². The normalized spacial score (nSPS) is 19.8. The Morgan fingerprint density at radius 2 is 1.72 bits per heavy atom. The minimum Gasteiger partial charge on any atom is -0.324 e. The number of halogens is 2. The van der Waals surface area contributed by atoms with E-state index in [-0.39, 0.29) is 24.3 Å². The molecule has 1 atom stereocenters. The van der Waals surface area contributed by atoms with Crippen LogP contribution >= 0.6 is 0 Å². The molecule has 1 N–H and O–H groups in total. The molecule has 0 unspecified atom stereocenters. The molecule has 128 valence electrons. The van der Waals surface area contributed by atoms with Gasteiger partial charge >= 0.3 is 0 Å². The van der Waals surface area contributed by atoms with Gasteiger partial charge in [0, 0.05) is 17.2 Å². The van der Waals surface area contributed by atoms with Crippen molar-refractivity contribution >= 4 is 17.5 Å². The van der Waals surface area contributed by atoms with Crippen molar-refractivity contribution in [3.05, 3.63) is 65.2 Å². The topological polar surface area (TPSA) is 49.4 Å². The van der Waals surface area contributed by atoms with Gasteiger partial charge < -0.3 is 10.2 Å². The number of fused-ring (bicyclic) bond motifs is 1. The molecule has 2 aromatic carbocycles.